The van der Waals surface area contributed by atoms with Crippen LogP contribution in [0.2, 0.25) is 10.0 Å². The number of carbonyl (C=O) groups excluding carboxylic acids is 3. The molecule has 8 rings (SSSR count). The fraction of sp³-hybridized carbons (Fsp3) is 0.415. The van der Waals surface area contributed by atoms with Crippen LogP contribution in [0.5, 0.6) is 0 Å². The number of piperidine rings is 2. The van der Waals surface area contributed by atoms with Gasteiger partial charge in [-0.2, -0.15) is 0 Å². The fourth-order valence-electron chi connectivity index (χ4n) is 9.36. The summed E-state index contributed by atoms with van der Waals surface area (Å²) >= 11 is 16.5. The van der Waals surface area contributed by atoms with E-state index in [1.165, 1.54) is 11.6 Å². The number of ether oxygens (including phenoxy) is 3. The zero-order valence-corrected chi connectivity index (χ0v) is 41.9. The van der Waals surface area contributed by atoms with Crippen LogP contribution in [0, 0.1) is 11.8 Å². The van der Waals surface area contributed by atoms with E-state index in [0.29, 0.717) is 43.7 Å². The number of fused-ring (bicyclic) bond motifs is 4. The van der Waals surface area contributed by atoms with Crippen LogP contribution in [0.4, 0.5) is 9.59 Å². The number of esters is 1. The number of likely N-dealkylation sites (tertiary alicyclic amines) is 2. The highest BCUT2D eigenvalue weighted by Gasteiger charge is 2.38. The van der Waals surface area contributed by atoms with E-state index < -0.39 is 11.2 Å². The highest BCUT2D eigenvalue weighted by Crippen LogP contribution is 2.47. The third-order valence-electron chi connectivity index (χ3n) is 12.2. The van der Waals surface area contributed by atoms with E-state index >= 15 is 0 Å². The molecule has 0 N–H and O–H groups in total. The Kier molecular flexibility index (Phi) is 15.5. The summed E-state index contributed by atoms with van der Waals surface area (Å²) in [5, 5.41) is 1.37. The lowest BCUT2D eigenvalue weighted by Crippen LogP contribution is -2.42. The summed E-state index contributed by atoms with van der Waals surface area (Å²) in [6.07, 6.45) is 14.1. The highest BCUT2D eigenvalue weighted by molar-refractivity contribution is 9.15. The lowest BCUT2D eigenvalue weighted by Gasteiger charge is -2.37. The van der Waals surface area contributed by atoms with Crippen molar-refractivity contribution in [3.05, 3.63) is 140 Å². The lowest BCUT2D eigenvalue weighted by molar-refractivity contribution is -0.137. The topological polar surface area (TPSA) is 111 Å². The number of allylic oxidation sites excluding steroid dienone is 2. The molecule has 4 aliphatic rings. The molecule has 0 spiro atoms. The van der Waals surface area contributed by atoms with Crippen molar-refractivity contribution in [3.8, 4) is 0 Å². The van der Waals surface area contributed by atoms with Crippen LogP contribution in [-0.4, -0.2) is 81.9 Å². The molecule has 4 aromatic rings. The second-order valence-corrected chi connectivity index (χ2v) is 20.9. The summed E-state index contributed by atoms with van der Waals surface area (Å²) in [7, 11) is 0. The summed E-state index contributed by atoms with van der Waals surface area (Å²) in [6.45, 7) is 16.1. The van der Waals surface area contributed by atoms with E-state index in [1.54, 1.807) is 17.9 Å². The summed E-state index contributed by atoms with van der Waals surface area (Å²) in [5.41, 5.74) is 8.53. The molecule has 2 amide bonds. The Morgan fingerprint density at radius 3 is 1.62 bits per heavy atom. The van der Waals surface area contributed by atoms with Crippen LogP contribution in [0.15, 0.2) is 85.2 Å². The van der Waals surface area contributed by atoms with Gasteiger partial charge in [0.15, 0.2) is 0 Å². The van der Waals surface area contributed by atoms with Crippen molar-refractivity contribution < 1.29 is 28.6 Å². The van der Waals surface area contributed by atoms with Gasteiger partial charge < -0.3 is 24.0 Å². The van der Waals surface area contributed by atoms with E-state index in [9.17, 15) is 14.4 Å². The van der Waals surface area contributed by atoms with Crippen molar-refractivity contribution in [2.75, 3.05) is 32.8 Å². The molecule has 0 bridgehead atoms. The van der Waals surface area contributed by atoms with Crippen molar-refractivity contribution in [2.45, 2.75) is 97.2 Å². The quantitative estimate of drug-likeness (QED) is 0.110. The lowest BCUT2D eigenvalue weighted by atomic mass is 9.76. The van der Waals surface area contributed by atoms with Gasteiger partial charge in [-0.15, -0.1) is 0 Å². The Hall–Kier alpha value is -4.97. The van der Waals surface area contributed by atoms with Gasteiger partial charge in [0.2, 0.25) is 0 Å². The van der Waals surface area contributed by atoms with Gasteiger partial charge in [0.25, 0.3) is 0 Å². The van der Waals surface area contributed by atoms with Crippen molar-refractivity contribution in [1.82, 2.24) is 19.8 Å². The maximum absolute atomic E-state index is 12.6. The minimum absolute atomic E-state index is 0.0268. The first-order valence-electron chi connectivity index (χ1n) is 22.8. The van der Waals surface area contributed by atoms with Gasteiger partial charge in [0.05, 0.1) is 18.0 Å². The zero-order valence-electron chi connectivity index (χ0n) is 38.8. The number of halogens is 3. The number of hydrogen-bond acceptors (Lipinski definition) is 8. The Labute approximate surface area is 407 Å². The molecular weight excluding hydrogens is 939 g/mol. The second kappa shape index (κ2) is 20.9. The second-order valence-electron chi connectivity index (χ2n) is 19.2. The number of aromatic nitrogens is 2. The Morgan fingerprint density at radius 2 is 1.15 bits per heavy atom. The van der Waals surface area contributed by atoms with Crippen molar-refractivity contribution in [3.63, 3.8) is 0 Å². The van der Waals surface area contributed by atoms with Crippen LogP contribution in [0.3, 0.4) is 0 Å². The van der Waals surface area contributed by atoms with Gasteiger partial charge in [0, 0.05) is 82.1 Å². The fourth-order valence-corrected chi connectivity index (χ4v) is 10.3. The van der Waals surface area contributed by atoms with Gasteiger partial charge >= 0.3 is 18.2 Å². The maximum Gasteiger partial charge on any atom is 0.410 e. The molecule has 66 heavy (non-hydrogen) atoms. The molecule has 0 radical (unpaired) electrons. The number of nitrogens with zero attached hydrogens (tertiary/aromatic N) is 4. The summed E-state index contributed by atoms with van der Waals surface area (Å²) in [5.74, 6) is 0.452. The van der Waals surface area contributed by atoms with Crippen molar-refractivity contribution in [2.24, 2.45) is 11.8 Å². The minimum Gasteiger partial charge on any atom is -0.463 e. The molecule has 10 nitrogen and oxygen atoms in total. The number of benzene rings is 2. The van der Waals surface area contributed by atoms with Crippen molar-refractivity contribution in [1.29, 1.82) is 0 Å². The van der Waals surface area contributed by atoms with Crippen LogP contribution in [0.1, 0.15) is 131 Å². The van der Waals surface area contributed by atoms with Crippen LogP contribution in [0.25, 0.3) is 22.2 Å². The number of rotatable bonds is 5. The first-order chi connectivity index (χ1) is 31.4. The number of hydrogen-bond donors (Lipinski definition) is 0. The van der Waals surface area contributed by atoms with E-state index in [2.05, 4.69) is 46.3 Å². The first-order valence-corrected chi connectivity index (χ1v) is 24.3. The molecule has 2 aliphatic heterocycles. The van der Waals surface area contributed by atoms with Crippen molar-refractivity contribution >= 4 is 79.5 Å². The molecule has 348 valence electrons. The standard InChI is InChI=1S/C29H33ClN2O4.C24H26BrClN2O2/c1-5-35-25(33)11-8-20-17-21-18-22(30)9-10-23(21)26(27-24(20)7-6-14-31-27)19-12-15-32(16-13-19)28(34)36-29(2,3)4;1-24(2,3)30-23(29)28-11-8-15(9-12-28)21-18-7-6-17(26)13-16(18)14-20(25)19-5-4-10-27-22(19)21/h6-11,14,17-19,26H,5,12-13,15-16H2,1-4H3;4-7,10,13-15,21H,8-9,11-12H2,1-3H3/b11-8+;. The monoisotopic (exact) mass is 996 g/mol. The number of carbonyl (C=O) groups is 3. The minimum atomic E-state index is -0.518. The van der Waals surface area contributed by atoms with E-state index in [1.807, 2.05) is 101 Å². The maximum atomic E-state index is 12.6. The molecule has 2 aromatic carbocycles. The Bertz CT molecular complexity index is 2530. The normalized spacial score (nSPS) is 18.8. The van der Waals surface area contributed by atoms with Crippen LogP contribution < -0.4 is 0 Å². The summed E-state index contributed by atoms with van der Waals surface area (Å²) in [6, 6.07) is 20.1. The first kappa shape index (κ1) is 48.9. The smallest absolute Gasteiger partial charge is 0.410 e. The Morgan fingerprint density at radius 1 is 0.697 bits per heavy atom. The predicted molar refractivity (Wildman–Crippen MR) is 267 cm³/mol. The van der Waals surface area contributed by atoms with E-state index in [-0.39, 0.29) is 35.9 Å². The van der Waals surface area contributed by atoms with Gasteiger partial charge in [-0.1, -0.05) is 63.4 Å². The van der Waals surface area contributed by atoms with Gasteiger partial charge in [-0.3, -0.25) is 9.97 Å². The number of amides is 2. The molecule has 13 heteroatoms. The third kappa shape index (κ3) is 11.9. The molecule has 2 aliphatic carbocycles. The van der Waals surface area contributed by atoms with E-state index in [0.717, 1.165) is 80.0 Å². The number of pyridine rings is 2. The molecule has 2 unspecified atom stereocenters. The van der Waals surface area contributed by atoms with Gasteiger partial charge in [-0.05, 0) is 168 Å². The summed E-state index contributed by atoms with van der Waals surface area (Å²) in [4.78, 5) is 50.4. The molecule has 2 saturated heterocycles. The molecule has 4 heterocycles. The third-order valence-corrected chi connectivity index (χ3v) is 13.3. The SMILES string of the molecule is CC(C)(C)OC(=O)N1CCC(C2c3ccc(Cl)cc3C=C(Br)c3cccnc32)CC1.CCOC(=O)/C=C/C1=Cc2cc(Cl)ccc2C(C2CCN(C(=O)OC(C)(C)C)CC2)c2ncccc21. The van der Waals surface area contributed by atoms with Crippen LogP contribution >= 0.6 is 39.1 Å². The molecule has 2 atom stereocenters. The van der Waals surface area contributed by atoms with E-state index in [4.69, 9.17) is 47.4 Å². The molecule has 0 saturated carbocycles. The average Bonchev–Trinajstić information content (AvgIpc) is 3.48. The average molecular weight is 999 g/mol. The molecule has 2 fully saturated rings. The predicted octanol–water partition coefficient (Wildman–Crippen LogP) is 13.2. The van der Waals surface area contributed by atoms with Gasteiger partial charge in [-0.25, -0.2) is 14.4 Å². The molecule has 2 aromatic heterocycles. The van der Waals surface area contributed by atoms with Crippen LogP contribution in [-0.2, 0) is 19.0 Å². The Balaban J connectivity index is 0.000000199. The summed E-state index contributed by atoms with van der Waals surface area (Å²) < 4.78 is 17.3. The largest absolute Gasteiger partial charge is 0.463 e. The highest BCUT2D eigenvalue weighted by atomic mass is 79.9. The van der Waals surface area contributed by atoms with Gasteiger partial charge in [0.1, 0.15) is 11.2 Å². The zero-order chi connectivity index (χ0) is 47.3. The molecular formula is C53H59BrCl2N4O6.